The summed E-state index contributed by atoms with van der Waals surface area (Å²) in [5.41, 5.74) is 5.08. The molecule has 0 aromatic rings. The van der Waals surface area contributed by atoms with E-state index in [9.17, 15) is 4.79 Å². The first-order valence-electron chi connectivity index (χ1n) is 2.90. The monoisotopic (exact) mass is 141 g/mol. The highest BCUT2D eigenvalue weighted by atomic mass is 16.3. The SMILES string of the molecule is C=CC(O)C(=CC)C(N)=O. The largest absolute Gasteiger partial charge is 0.384 e. The van der Waals surface area contributed by atoms with Crippen LogP contribution < -0.4 is 5.73 Å². The van der Waals surface area contributed by atoms with Crippen LogP contribution in [0.25, 0.3) is 0 Å². The third-order valence-corrected chi connectivity index (χ3v) is 1.14. The second kappa shape index (κ2) is 3.85. The molecular formula is C7H11NO2. The number of carbonyl (C=O) groups excluding carboxylic acids is 1. The molecule has 1 atom stereocenters. The third kappa shape index (κ3) is 2.03. The van der Waals surface area contributed by atoms with Crippen LogP contribution in [-0.4, -0.2) is 17.1 Å². The predicted molar refractivity (Wildman–Crippen MR) is 39.2 cm³/mol. The van der Waals surface area contributed by atoms with E-state index >= 15 is 0 Å². The molecule has 0 aromatic carbocycles. The lowest BCUT2D eigenvalue weighted by Gasteiger charge is -2.04. The van der Waals surface area contributed by atoms with Crippen LogP contribution in [-0.2, 0) is 4.79 Å². The van der Waals surface area contributed by atoms with Gasteiger partial charge in [0.25, 0.3) is 0 Å². The van der Waals surface area contributed by atoms with Crippen molar-refractivity contribution in [3.63, 3.8) is 0 Å². The number of amides is 1. The molecule has 0 saturated carbocycles. The molecule has 0 spiro atoms. The first-order chi connectivity index (χ1) is 4.63. The van der Waals surface area contributed by atoms with Crippen molar-refractivity contribution in [2.24, 2.45) is 5.73 Å². The number of carbonyl (C=O) groups is 1. The third-order valence-electron chi connectivity index (χ3n) is 1.14. The van der Waals surface area contributed by atoms with E-state index < -0.39 is 12.0 Å². The Morgan fingerprint density at radius 3 is 2.40 bits per heavy atom. The number of allylic oxidation sites excluding steroid dienone is 1. The van der Waals surface area contributed by atoms with Crippen LogP contribution in [0.4, 0.5) is 0 Å². The van der Waals surface area contributed by atoms with Crippen molar-refractivity contribution in [3.8, 4) is 0 Å². The molecule has 3 N–H and O–H groups in total. The number of hydrogen-bond donors (Lipinski definition) is 2. The Morgan fingerprint density at radius 2 is 2.30 bits per heavy atom. The van der Waals surface area contributed by atoms with Crippen LogP contribution in [0.2, 0.25) is 0 Å². The van der Waals surface area contributed by atoms with Gasteiger partial charge < -0.3 is 10.8 Å². The molecule has 0 fully saturated rings. The van der Waals surface area contributed by atoms with E-state index in [4.69, 9.17) is 10.8 Å². The van der Waals surface area contributed by atoms with Crippen LogP contribution in [0.15, 0.2) is 24.3 Å². The topological polar surface area (TPSA) is 63.3 Å². The van der Waals surface area contributed by atoms with Crippen LogP contribution in [0.3, 0.4) is 0 Å². The quantitative estimate of drug-likeness (QED) is 0.428. The van der Waals surface area contributed by atoms with Crippen molar-refractivity contribution < 1.29 is 9.90 Å². The van der Waals surface area contributed by atoms with Crippen LogP contribution in [0, 0.1) is 0 Å². The number of aliphatic hydroxyl groups excluding tert-OH is 1. The molecule has 10 heavy (non-hydrogen) atoms. The summed E-state index contributed by atoms with van der Waals surface area (Å²) in [6.45, 7) is 4.94. The van der Waals surface area contributed by atoms with Crippen LogP contribution in [0.1, 0.15) is 6.92 Å². The van der Waals surface area contributed by atoms with Crippen molar-refractivity contribution >= 4 is 5.91 Å². The first kappa shape index (κ1) is 8.91. The Kier molecular flexibility index (Phi) is 3.43. The predicted octanol–water partition coefficient (Wildman–Crippen LogP) is -0.0351. The van der Waals surface area contributed by atoms with Gasteiger partial charge in [-0.1, -0.05) is 12.2 Å². The maximum atomic E-state index is 10.5. The zero-order valence-electron chi connectivity index (χ0n) is 5.87. The normalized spacial score (nSPS) is 14.4. The van der Waals surface area contributed by atoms with Gasteiger partial charge in [-0.2, -0.15) is 0 Å². The molecule has 0 aliphatic heterocycles. The maximum Gasteiger partial charge on any atom is 0.247 e. The standard InChI is InChI=1S/C7H11NO2/c1-3-5(7(8)10)6(9)4-2/h3-4,6,9H,2H2,1H3,(H2,8,10). The van der Waals surface area contributed by atoms with Gasteiger partial charge in [0.2, 0.25) is 5.91 Å². The fourth-order valence-corrected chi connectivity index (χ4v) is 0.586. The van der Waals surface area contributed by atoms with Gasteiger partial charge in [-0.25, -0.2) is 0 Å². The molecule has 0 rings (SSSR count). The van der Waals surface area contributed by atoms with E-state index in [1.54, 1.807) is 6.92 Å². The summed E-state index contributed by atoms with van der Waals surface area (Å²) in [5.74, 6) is -0.616. The molecule has 3 heteroatoms. The Morgan fingerprint density at radius 1 is 1.80 bits per heavy atom. The van der Waals surface area contributed by atoms with Gasteiger partial charge in [0, 0.05) is 5.57 Å². The Balaban J connectivity index is 4.37. The summed E-state index contributed by atoms with van der Waals surface area (Å²) in [6.07, 6.45) is 1.77. The van der Waals surface area contributed by atoms with Crippen molar-refractivity contribution in [1.29, 1.82) is 0 Å². The molecule has 0 aliphatic carbocycles. The number of primary amides is 1. The summed E-state index contributed by atoms with van der Waals surface area (Å²) in [6, 6.07) is 0. The zero-order chi connectivity index (χ0) is 8.15. The molecule has 0 radical (unpaired) electrons. The van der Waals surface area contributed by atoms with Crippen molar-refractivity contribution in [2.75, 3.05) is 0 Å². The minimum Gasteiger partial charge on any atom is -0.384 e. The van der Waals surface area contributed by atoms with Gasteiger partial charge in [0.05, 0.1) is 0 Å². The molecule has 1 amide bonds. The smallest absolute Gasteiger partial charge is 0.247 e. The summed E-state index contributed by atoms with van der Waals surface area (Å²) in [7, 11) is 0. The lowest BCUT2D eigenvalue weighted by Crippen LogP contribution is -2.22. The second-order valence-electron chi connectivity index (χ2n) is 1.79. The van der Waals surface area contributed by atoms with Gasteiger partial charge in [0.1, 0.15) is 6.10 Å². The molecular weight excluding hydrogens is 130 g/mol. The van der Waals surface area contributed by atoms with Gasteiger partial charge >= 0.3 is 0 Å². The molecule has 0 aliphatic rings. The number of nitrogens with two attached hydrogens (primary N) is 1. The van der Waals surface area contributed by atoms with E-state index in [2.05, 4.69) is 6.58 Å². The molecule has 0 heterocycles. The average molecular weight is 141 g/mol. The Labute approximate surface area is 59.8 Å². The van der Waals surface area contributed by atoms with E-state index in [0.717, 1.165) is 0 Å². The first-order valence-corrected chi connectivity index (χ1v) is 2.90. The summed E-state index contributed by atoms with van der Waals surface area (Å²) < 4.78 is 0. The molecule has 3 nitrogen and oxygen atoms in total. The van der Waals surface area contributed by atoms with Gasteiger partial charge in [-0.05, 0) is 6.92 Å². The summed E-state index contributed by atoms with van der Waals surface area (Å²) >= 11 is 0. The maximum absolute atomic E-state index is 10.5. The minimum absolute atomic E-state index is 0.176. The highest BCUT2D eigenvalue weighted by molar-refractivity contribution is 5.93. The van der Waals surface area contributed by atoms with Gasteiger partial charge in [-0.3, -0.25) is 4.79 Å². The fraction of sp³-hybridized carbons (Fsp3) is 0.286. The number of hydrogen-bond acceptors (Lipinski definition) is 2. The number of rotatable bonds is 3. The van der Waals surface area contributed by atoms with E-state index in [0.29, 0.717) is 0 Å². The number of aliphatic hydroxyl groups is 1. The summed E-state index contributed by atoms with van der Waals surface area (Å²) in [5, 5.41) is 9.00. The summed E-state index contributed by atoms with van der Waals surface area (Å²) in [4.78, 5) is 10.5. The molecule has 0 bridgehead atoms. The second-order valence-corrected chi connectivity index (χ2v) is 1.79. The highest BCUT2D eigenvalue weighted by Gasteiger charge is 2.10. The molecule has 0 aromatic heterocycles. The minimum atomic E-state index is -0.942. The van der Waals surface area contributed by atoms with E-state index in [1.165, 1.54) is 12.2 Å². The van der Waals surface area contributed by atoms with Crippen LogP contribution >= 0.6 is 0 Å². The van der Waals surface area contributed by atoms with Gasteiger partial charge in [-0.15, -0.1) is 6.58 Å². The Hall–Kier alpha value is -1.09. The molecule has 1 unspecified atom stereocenters. The van der Waals surface area contributed by atoms with Crippen molar-refractivity contribution in [1.82, 2.24) is 0 Å². The van der Waals surface area contributed by atoms with Crippen molar-refractivity contribution in [2.45, 2.75) is 13.0 Å². The zero-order valence-corrected chi connectivity index (χ0v) is 5.87. The molecule has 56 valence electrons. The van der Waals surface area contributed by atoms with Gasteiger partial charge in [0.15, 0.2) is 0 Å². The van der Waals surface area contributed by atoms with E-state index in [-0.39, 0.29) is 5.57 Å². The lowest BCUT2D eigenvalue weighted by molar-refractivity contribution is -0.115. The Bertz CT molecular complexity index is 172. The average Bonchev–Trinajstić information content (AvgIpc) is 1.88. The highest BCUT2D eigenvalue weighted by Crippen LogP contribution is 2.01. The lowest BCUT2D eigenvalue weighted by atomic mass is 10.1. The fourth-order valence-electron chi connectivity index (χ4n) is 0.586. The van der Waals surface area contributed by atoms with E-state index in [1.807, 2.05) is 0 Å². The van der Waals surface area contributed by atoms with Crippen LogP contribution in [0.5, 0.6) is 0 Å². The molecule has 0 saturated heterocycles. The van der Waals surface area contributed by atoms with Crippen molar-refractivity contribution in [3.05, 3.63) is 24.3 Å².